The van der Waals surface area contributed by atoms with Crippen LogP contribution in [0.5, 0.6) is 0 Å². The first-order valence-corrected chi connectivity index (χ1v) is 9.49. The topological polar surface area (TPSA) is 78.7 Å². The summed E-state index contributed by atoms with van der Waals surface area (Å²) >= 11 is 0. The van der Waals surface area contributed by atoms with E-state index in [9.17, 15) is 9.59 Å². The number of piperidine rings is 1. The van der Waals surface area contributed by atoms with E-state index in [1.165, 1.54) is 0 Å². The number of hydrogen-bond acceptors (Lipinski definition) is 4. The monoisotopic (exact) mass is 394 g/mol. The summed E-state index contributed by atoms with van der Waals surface area (Å²) in [5.74, 6) is 0.155. The third-order valence-corrected chi connectivity index (χ3v) is 5.79. The van der Waals surface area contributed by atoms with Crippen molar-refractivity contribution in [3.05, 3.63) is 24.3 Å². The minimum atomic E-state index is -0.207. The lowest BCUT2D eigenvalue weighted by Crippen LogP contribution is -2.56. The molecule has 1 aromatic carbocycles. The molecule has 1 aromatic rings. The molecule has 3 rings (SSSR count). The van der Waals surface area contributed by atoms with Crippen molar-refractivity contribution in [3.8, 4) is 0 Å². The van der Waals surface area contributed by atoms with Gasteiger partial charge >= 0.3 is 0 Å². The summed E-state index contributed by atoms with van der Waals surface area (Å²) in [6.45, 7) is 8.70. The van der Waals surface area contributed by atoms with Gasteiger partial charge in [-0.1, -0.05) is 13.8 Å². The first-order valence-electron chi connectivity index (χ1n) is 9.49. The molecule has 150 valence electrons. The molecule has 2 aliphatic rings. The summed E-state index contributed by atoms with van der Waals surface area (Å²) in [5.41, 5.74) is 7.85. The van der Waals surface area contributed by atoms with Crippen LogP contribution >= 0.6 is 12.4 Å². The summed E-state index contributed by atoms with van der Waals surface area (Å²) in [7, 11) is 0. The Morgan fingerprint density at radius 1 is 1.26 bits per heavy atom. The van der Waals surface area contributed by atoms with Gasteiger partial charge in [0.05, 0.1) is 6.04 Å². The van der Waals surface area contributed by atoms with Crippen LogP contribution in [0.1, 0.15) is 40.0 Å². The zero-order valence-corrected chi connectivity index (χ0v) is 17.2. The Labute approximate surface area is 167 Å². The average molecular weight is 395 g/mol. The minimum absolute atomic E-state index is 0. The fourth-order valence-electron chi connectivity index (χ4n) is 3.80. The van der Waals surface area contributed by atoms with Crippen LogP contribution < -0.4 is 16.0 Å². The number of nitrogens with zero attached hydrogens (tertiary/aromatic N) is 2. The molecule has 2 unspecified atom stereocenters. The van der Waals surface area contributed by atoms with Gasteiger partial charge in [0, 0.05) is 43.5 Å². The molecule has 0 aromatic heterocycles. The summed E-state index contributed by atoms with van der Waals surface area (Å²) in [5, 5.41) is 2.99. The first kappa shape index (κ1) is 21.7. The van der Waals surface area contributed by atoms with Gasteiger partial charge in [-0.15, -0.1) is 12.4 Å². The number of nitrogens with one attached hydrogen (secondary N) is 1. The van der Waals surface area contributed by atoms with E-state index in [2.05, 4.69) is 24.1 Å². The van der Waals surface area contributed by atoms with Gasteiger partial charge in [0.25, 0.3) is 0 Å². The van der Waals surface area contributed by atoms with Crippen molar-refractivity contribution in [2.75, 3.05) is 29.9 Å². The number of nitrogens with two attached hydrogens (primary N) is 1. The lowest BCUT2D eigenvalue weighted by molar-refractivity contribution is -0.122. The molecule has 2 fully saturated rings. The Balaban J connectivity index is 0.00000261. The van der Waals surface area contributed by atoms with Crippen molar-refractivity contribution in [1.82, 2.24) is 4.90 Å². The van der Waals surface area contributed by atoms with E-state index < -0.39 is 0 Å². The predicted molar refractivity (Wildman–Crippen MR) is 111 cm³/mol. The number of rotatable bonds is 4. The number of likely N-dealkylation sites (tertiary alicyclic amines) is 1. The molecular formula is C20H31ClN4O2. The van der Waals surface area contributed by atoms with Gasteiger partial charge in [0.1, 0.15) is 0 Å². The number of carbonyl (C=O) groups is 2. The van der Waals surface area contributed by atoms with Crippen LogP contribution in [0.4, 0.5) is 11.4 Å². The van der Waals surface area contributed by atoms with E-state index in [0.717, 1.165) is 43.9 Å². The number of halogens is 1. The second kappa shape index (κ2) is 8.59. The fraction of sp³-hybridized carbons (Fsp3) is 0.600. The largest absolute Gasteiger partial charge is 0.327 e. The Hall–Kier alpha value is -1.63. The summed E-state index contributed by atoms with van der Waals surface area (Å²) in [6.07, 6.45) is 2.43. The first-order chi connectivity index (χ1) is 12.3. The second-order valence-electron chi connectivity index (χ2n) is 8.22. The summed E-state index contributed by atoms with van der Waals surface area (Å²) < 4.78 is 0. The molecule has 2 heterocycles. The molecule has 2 atom stereocenters. The molecule has 27 heavy (non-hydrogen) atoms. The van der Waals surface area contributed by atoms with Gasteiger partial charge in [-0.25, -0.2) is 0 Å². The van der Waals surface area contributed by atoms with Gasteiger partial charge < -0.3 is 16.0 Å². The molecule has 2 saturated heterocycles. The van der Waals surface area contributed by atoms with Crippen LogP contribution in [0.25, 0.3) is 0 Å². The molecule has 7 heteroatoms. The predicted octanol–water partition coefficient (Wildman–Crippen LogP) is 2.62. The van der Waals surface area contributed by atoms with Crippen molar-refractivity contribution in [2.24, 2.45) is 11.1 Å². The van der Waals surface area contributed by atoms with Crippen LogP contribution in [-0.4, -0.2) is 48.4 Å². The maximum atomic E-state index is 12.6. The fourth-order valence-corrected chi connectivity index (χ4v) is 3.80. The zero-order valence-electron chi connectivity index (χ0n) is 16.4. The third kappa shape index (κ3) is 4.81. The van der Waals surface area contributed by atoms with Gasteiger partial charge in [-0.3, -0.25) is 14.5 Å². The number of amides is 2. The van der Waals surface area contributed by atoms with Crippen LogP contribution in [0.15, 0.2) is 24.3 Å². The molecule has 0 radical (unpaired) electrons. The quantitative estimate of drug-likeness (QED) is 0.822. The van der Waals surface area contributed by atoms with Gasteiger partial charge in [0.15, 0.2) is 0 Å². The molecule has 0 bridgehead atoms. The van der Waals surface area contributed by atoms with Crippen LogP contribution in [0.3, 0.4) is 0 Å². The maximum absolute atomic E-state index is 12.6. The van der Waals surface area contributed by atoms with Crippen molar-refractivity contribution >= 4 is 35.6 Å². The SMILES string of the molecule is CC(C(=O)Nc1ccc(N2CCCC2=O)cc1)N1CCC(N)C(C)(C)C1.Cl. The standard InChI is InChI=1S/C20H30N4O2.ClH/c1-14(23-12-10-17(21)20(2,3)13-23)19(26)22-15-6-8-16(9-7-15)24-11-4-5-18(24)25;/h6-9,14,17H,4-5,10-13,21H2,1-3H3,(H,22,26);1H. The molecule has 6 nitrogen and oxygen atoms in total. The van der Waals surface area contributed by atoms with Crippen molar-refractivity contribution in [2.45, 2.75) is 52.1 Å². The van der Waals surface area contributed by atoms with E-state index in [1.54, 1.807) is 4.90 Å². The Bertz CT molecular complexity index is 677. The van der Waals surface area contributed by atoms with Gasteiger partial charge in [0.2, 0.25) is 11.8 Å². The normalized spacial score (nSPS) is 23.6. The zero-order chi connectivity index (χ0) is 18.9. The third-order valence-electron chi connectivity index (χ3n) is 5.79. The maximum Gasteiger partial charge on any atom is 0.241 e. The van der Waals surface area contributed by atoms with Crippen LogP contribution in [0.2, 0.25) is 0 Å². The molecule has 0 aliphatic carbocycles. The molecule has 0 saturated carbocycles. The molecule has 0 spiro atoms. The lowest BCUT2D eigenvalue weighted by atomic mass is 9.79. The van der Waals surface area contributed by atoms with Crippen LogP contribution in [-0.2, 0) is 9.59 Å². The molecule has 2 amide bonds. The molecule has 2 aliphatic heterocycles. The molecular weight excluding hydrogens is 364 g/mol. The lowest BCUT2D eigenvalue weighted by Gasteiger charge is -2.44. The number of hydrogen-bond donors (Lipinski definition) is 2. The van der Waals surface area contributed by atoms with Crippen LogP contribution in [0, 0.1) is 5.41 Å². The Kier molecular flexibility index (Phi) is 6.89. The van der Waals surface area contributed by atoms with Crippen molar-refractivity contribution in [3.63, 3.8) is 0 Å². The number of benzene rings is 1. The second-order valence-corrected chi connectivity index (χ2v) is 8.22. The Morgan fingerprint density at radius 2 is 1.93 bits per heavy atom. The minimum Gasteiger partial charge on any atom is -0.327 e. The highest BCUT2D eigenvalue weighted by molar-refractivity contribution is 5.97. The van der Waals surface area contributed by atoms with E-state index in [0.29, 0.717) is 6.42 Å². The van der Waals surface area contributed by atoms with Gasteiger partial charge in [-0.05, 0) is 49.4 Å². The summed E-state index contributed by atoms with van der Waals surface area (Å²) in [4.78, 5) is 28.5. The van der Waals surface area contributed by atoms with E-state index in [-0.39, 0.29) is 41.7 Å². The van der Waals surface area contributed by atoms with E-state index in [1.807, 2.05) is 31.2 Å². The highest BCUT2D eigenvalue weighted by Gasteiger charge is 2.36. The highest BCUT2D eigenvalue weighted by atomic mass is 35.5. The summed E-state index contributed by atoms with van der Waals surface area (Å²) in [6, 6.07) is 7.49. The number of anilines is 2. The van der Waals surface area contributed by atoms with E-state index in [4.69, 9.17) is 5.73 Å². The van der Waals surface area contributed by atoms with Gasteiger partial charge in [-0.2, -0.15) is 0 Å². The smallest absolute Gasteiger partial charge is 0.241 e. The highest BCUT2D eigenvalue weighted by Crippen LogP contribution is 2.29. The number of carbonyl (C=O) groups excluding carboxylic acids is 2. The van der Waals surface area contributed by atoms with E-state index >= 15 is 0 Å². The average Bonchev–Trinajstić information content (AvgIpc) is 3.03. The Morgan fingerprint density at radius 3 is 2.48 bits per heavy atom. The van der Waals surface area contributed by atoms with Crippen molar-refractivity contribution < 1.29 is 9.59 Å². The molecule has 3 N–H and O–H groups in total. The van der Waals surface area contributed by atoms with Crippen molar-refractivity contribution in [1.29, 1.82) is 0 Å².